The predicted octanol–water partition coefficient (Wildman–Crippen LogP) is 6.73. The van der Waals surface area contributed by atoms with Gasteiger partial charge >= 0.3 is 0 Å². The highest BCUT2D eigenvalue weighted by Gasteiger charge is 2.30. The lowest BCUT2D eigenvalue weighted by Gasteiger charge is -2.13. The van der Waals surface area contributed by atoms with Crippen LogP contribution < -0.4 is 0 Å². The van der Waals surface area contributed by atoms with E-state index in [1.54, 1.807) is 0 Å². The van der Waals surface area contributed by atoms with E-state index in [2.05, 4.69) is 64.0 Å². The van der Waals surface area contributed by atoms with Gasteiger partial charge in [-0.25, -0.2) is 4.98 Å². The molecule has 0 radical (unpaired) electrons. The number of nitrogens with zero attached hydrogens (tertiary/aromatic N) is 4. The largest absolute Gasteiger partial charge is 0.289 e. The Bertz CT molecular complexity index is 2070. The molecule has 0 amide bonds. The number of pyridine rings is 3. The first kappa shape index (κ1) is 17.8. The van der Waals surface area contributed by atoms with Gasteiger partial charge in [0.1, 0.15) is 5.65 Å². The molecule has 4 nitrogen and oxygen atoms in total. The van der Waals surface area contributed by atoms with Crippen molar-refractivity contribution in [3.05, 3.63) is 108 Å². The molecule has 0 aliphatic heterocycles. The van der Waals surface area contributed by atoms with Crippen molar-refractivity contribution in [1.29, 1.82) is 0 Å². The van der Waals surface area contributed by atoms with Crippen molar-refractivity contribution in [2.75, 3.05) is 0 Å². The molecule has 0 saturated heterocycles. The van der Waals surface area contributed by atoms with Gasteiger partial charge in [-0.2, -0.15) is 0 Å². The van der Waals surface area contributed by atoms with Crippen LogP contribution >= 0.6 is 0 Å². The van der Waals surface area contributed by atoms with Crippen LogP contribution in [0.5, 0.6) is 0 Å². The SMILES string of the molecule is c1ccc2c(c1)Cc1c-2ccc2c1Cc1ccc3c(c1-2)c1ncccc1n1c2cnccc2nc31. The zero-order valence-corrected chi connectivity index (χ0v) is 18.8. The molecule has 0 atom stereocenters. The fraction of sp³-hybridized carbons (Fsp3) is 0.0645. The Kier molecular flexibility index (Phi) is 3.11. The number of rotatable bonds is 0. The van der Waals surface area contributed by atoms with Crippen LogP contribution in [0.15, 0.2) is 85.3 Å². The molecule has 162 valence electrons. The van der Waals surface area contributed by atoms with Gasteiger partial charge in [0.25, 0.3) is 0 Å². The van der Waals surface area contributed by atoms with Crippen LogP contribution in [0.1, 0.15) is 22.3 Å². The van der Waals surface area contributed by atoms with Crippen LogP contribution in [0, 0.1) is 0 Å². The molecule has 4 heterocycles. The average Bonchev–Trinajstić information content (AvgIpc) is 3.59. The molecule has 35 heavy (non-hydrogen) atoms. The number of benzene rings is 3. The summed E-state index contributed by atoms with van der Waals surface area (Å²) in [5.41, 5.74) is 16.3. The van der Waals surface area contributed by atoms with E-state index in [4.69, 9.17) is 9.97 Å². The van der Waals surface area contributed by atoms with Gasteiger partial charge in [-0.3, -0.25) is 14.4 Å². The van der Waals surface area contributed by atoms with Crippen LogP contribution in [-0.4, -0.2) is 19.4 Å². The first-order valence-corrected chi connectivity index (χ1v) is 12.0. The molecule has 3 aromatic carbocycles. The van der Waals surface area contributed by atoms with Gasteiger partial charge < -0.3 is 0 Å². The Morgan fingerprint density at radius 1 is 0.686 bits per heavy atom. The lowest BCUT2D eigenvalue weighted by molar-refractivity contribution is 1.16. The quantitative estimate of drug-likeness (QED) is 0.243. The Hall–Kier alpha value is -4.57. The lowest BCUT2D eigenvalue weighted by atomic mass is 9.94. The van der Waals surface area contributed by atoms with E-state index in [1.807, 2.05) is 30.7 Å². The van der Waals surface area contributed by atoms with Gasteiger partial charge in [0.05, 0.1) is 28.3 Å². The minimum absolute atomic E-state index is 0.953. The van der Waals surface area contributed by atoms with E-state index in [0.717, 1.165) is 45.9 Å². The van der Waals surface area contributed by atoms with Crippen molar-refractivity contribution < 1.29 is 0 Å². The molecule has 0 unspecified atom stereocenters. The summed E-state index contributed by atoms with van der Waals surface area (Å²) in [7, 11) is 0. The van der Waals surface area contributed by atoms with Crippen LogP contribution in [0.3, 0.4) is 0 Å². The maximum Gasteiger partial charge on any atom is 0.146 e. The van der Waals surface area contributed by atoms with E-state index in [1.165, 1.54) is 49.9 Å². The predicted molar refractivity (Wildman–Crippen MR) is 140 cm³/mol. The van der Waals surface area contributed by atoms with Crippen molar-refractivity contribution in [3.63, 3.8) is 0 Å². The number of fused-ring (bicyclic) bond motifs is 16. The first-order valence-electron chi connectivity index (χ1n) is 12.0. The van der Waals surface area contributed by atoms with E-state index in [0.29, 0.717) is 0 Å². The third-order valence-corrected chi connectivity index (χ3v) is 8.00. The Morgan fingerprint density at radius 2 is 1.57 bits per heavy atom. The summed E-state index contributed by atoms with van der Waals surface area (Å²) in [5, 5.41) is 2.35. The highest BCUT2D eigenvalue weighted by molar-refractivity contribution is 6.19. The third-order valence-electron chi connectivity index (χ3n) is 8.00. The minimum Gasteiger partial charge on any atom is -0.289 e. The van der Waals surface area contributed by atoms with Crippen molar-refractivity contribution in [1.82, 2.24) is 19.4 Å². The normalized spacial score (nSPS) is 13.5. The van der Waals surface area contributed by atoms with Gasteiger partial charge in [-0.05, 0) is 75.5 Å². The molecular formula is C31H18N4. The monoisotopic (exact) mass is 446 g/mol. The van der Waals surface area contributed by atoms with Gasteiger partial charge in [0.2, 0.25) is 0 Å². The van der Waals surface area contributed by atoms with Crippen LogP contribution in [0.4, 0.5) is 0 Å². The molecule has 4 heteroatoms. The zero-order valence-electron chi connectivity index (χ0n) is 18.8. The van der Waals surface area contributed by atoms with Crippen LogP contribution in [-0.2, 0) is 12.8 Å². The highest BCUT2D eigenvalue weighted by Crippen LogP contribution is 2.49. The summed E-state index contributed by atoms with van der Waals surface area (Å²) in [6.45, 7) is 0. The minimum atomic E-state index is 0.953. The number of hydrogen-bond donors (Lipinski definition) is 0. The second kappa shape index (κ2) is 6.10. The van der Waals surface area contributed by atoms with Crippen molar-refractivity contribution in [3.8, 4) is 22.3 Å². The van der Waals surface area contributed by atoms with Crippen molar-refractivity contribution in [2.45, 2.75) is 12.8 Å². The standard InChI is InChI=1S/C31H18N4/c1-2-5-19-17(4-1)14-23-20(19)9-10-21-24(23)15-18-7-8-22-29(28(18)21)30-26(6-3-12-33-30)35-27-16-32-13-11-25(27)34-31(22)35/h1-13,16H,14-15H2. The molecule has 0 saturated carbocycles. The molecule has 0 spiro atoms. The topological polar surface area (TPSA) is 43.1 Å². The fourth-order valence-electron chi connectivity index (χ4n) is 6.55. The second-order valence-electron chi connectivity index (χ2n) is 9.66. The summed E-state index contributed by atoms with van der Waals surface area (Å²) in [6, 6.07) is 24.2. The summed E-state index contributed by atoms with van der Waals surface area (Å²) < 4.78 is 2.22. The summed E-state index contributed by atoms with van der Waals surface area (Å²) in [6.07, 6.45) is 7.60. The molecule has 2 aliphatic carbocycles. The maximum atomic E-state index is 5.06. The highest BCUT2D eigenvalue weighted by atomic mass is 15.0. The van der Waals surface area contributed by atoms with Crippen molar-refractivity contribution >= 4 is 38.5 Å². The number of aromatic nitrogens is 4. The first-order chi connectivity index (χ1) is 17.4. The fourth-order valence-corrected chi connectivity index (χ4v) is 6.55. The van der Waals surface area contributed by atoms with Gasteiger partial charge in [-0.15, -0.1) is 0 Å². The number of imidazole rings is 1. The summed E-state index contributed by atoms with van der Waals surface area (Å²) in [5.74, 6) is 0. The van der Waals surface area contributed by atoms with Gasteiger partial charge in [0.15, 0.2) is 0 Å². The number of hydrogen-bond acceptors (Lipinski definition) is 3. The average molecular weight is 447 g/mol. The van der Waals surface area contributed by atoms with E-state index >= 15 is 0 Å². The Morgan fingerprint density at radius 3 is 2.57 bits per heavy atom. The maximum absolute atomic E-state index is 5.06. The Balaban J connectivity index is 1.44. The molecule has 0 N–H and O–H groups in total. The molecule has 0 bridgehead atoms. The lowest BCUT2D eigenvalue weighted by Crippen LogP contribution is -1.95. The van der Waals surface area contributed by atoms with Gasteiger partial charge in [-0.1, -0.05) is 48.5 Å². The molecule has 7 aromatic rings. The second-order valence-corrected chi connectivity index (χ2v) is 9.66. The zero-order chi connectivity index (χ0) is 22.7. The molecular weight excluding hydrogens is 428 g/mol. The van der Waals surface area contributed by atoms with E-state index in [9.17, 15) is 0 Å². The van der Waals surface area contributed by atoms with Gasteiger partial charge in [0, 0.05) is 23.2 Å². The van der Waals surface area contributed by atoms with Crippen molar-refractivity contribution in [2.24, 2.45) is 0 Å². The van der Waals surface area contributed by atoms with Crippen LogP contribution in [0.2, 0.25) is 0 Å². The van der Waals surface area contributed by atoms with E-state index in [-0.39, 0.29) is 0 Å². The molecule has 2 aliphatic rings. The molecule has 9 rings (SSSR count). The summed E-state index contributed by atoms with van der Waals surface area (Å²) in [4.78, 5) is 14.4. The third kappa shape index (κ3) is 2.11. The van der Waals surface area contributed by atoms with Crippen LogP contribution in [0.25, 0.3) is 60.7 Å². The van der Waals surface area contributed by atoms with E-state index < -0.39 is 0 Å². The summed E-state index contributed by atoms with van der Waals surface area (Å²) >= 11 is 0. The smallest absolute Gasteiger partial charge is 0.146 e. The molecule has 4 aromatic heterocycles. The Labute approximate surface area is 200 Å². The molecule has 0 fully saturated rings.